The summed E-state index contributed by atoms with van der Waals surface area (Å²) in [4.78, 5) is 54.0. The Morgan fingerprint density at radius 1 is 0.808 bits per heavy atom. The van der Waals surface area contributed by atoms with Crippen LogP contribution < -0.4 is 80.0 Å². The van der Waals surface area contributed by atoms with E-state index in [9.17, 15) is 34.2 Å². The summed E-state index contributed by atoms with van der Waals surface area (Å²) in [7, 11) is 0. The molecule has 0 fully saturated rings. The van der Waals surface area contributed by atoms with Gasteiger partial charge in [-0.3, -0.25) is 9.59 Å². The first-order chi connectivity index (χ1) is 11.2. The van der Waals surface area contributed by atoms with Crippen LogP contribution in [0.3, 0.4) is 0 Å². The van der Waals surface area contributed by atoms with Crippen molar-refractivity contribution in [3.8, 4) is 0 Å². The van der Waals surface area contributed by atoms with E-state index in [-0.39, 0.29) is 91.3 Å². The molecule has 136 valence electrons. The van der Waals surface area contributed by atoms with Crippen LogP contribution in [0.2, 0.25) is 0 Å². The van der Waals surface area contributed by atoms with E-state index in [1.807, 2.05) is 0 Å². The van der Waals surface area contributed by atoms with Crippen molar-refractivity contribution in [2.45, 2.75) is 51.0 Å². The van der Waals surface area contributed by atoms with Crippen molar-refractivity contribution in [3.05, 3.63) is 0 Å². The SMILES string of the molecule is O=C([O-])CCC(=O)NCCCCC(NC(=O)CCC(=O)[O-])C(=O)O.[Na+].[Na+]. The number of nitrogens with one attached hydrogen (secondary N) is 2. The van der Waals surface area contributed by atoms with Gasteiger partial charge in [0, 0.05) is 31.3 Å². The molecule has 1 atom stereocenters. The van der Waals surface area contributed by atoms with Crippen molar-refractivity contribution in [2.24, 2.45) is 0 Å². The van der Waals surface area contributed by atoms with E-state index < -0.39 is 42.2 Å². The molecule has 0 aromatic carbocycles. The monoisotopic (exact) mass is 390 g/mol. The maximum Gasteiger partial charge on any atom is 1.00 e. The third kappa shape index (κ3) is 18.2. The first-order valence-corrected chi connectivity index (χ1v) is 7.41. The van der Waals surface area contributed by atoms with Crippen molar-refractivity contribution < 1.29 is 98.4 Å². The second-order valence-corrected chi connectivity index (χ2v) is 5.05. The number of rotatable bonds is 13. The standard InChI is InChI=1S/C14H22N2O8.2Na/c17-10(4-6-12(19)20)15-8-2-1-3-9(14(23)24)16-11(18)5-7-13(21)22;;/h9H,1-8H2,(H,15,17)(H,16,18)(H,19,20)(H,21,22)(H,23,24);;/q;2*+1/p-2. The molecule has 0 saturated heterocycles. The van der Waals surface area contributed by atoms with E-state index in [2.05, 4.69) is 10.6 Å². The van der Waals surface area contributed by atoms with Gasteiger partial charge in [0.05, 0.1) is 0 Å². The summed E-state index contributed by atoms with van der Waals surface area (Å²) < 4.78 is 0. The quantitative estimate of drug-likeness (QED) is 0.205. The van der Waals surface area contributed by atoms with Crippen LogP contribution in [-0.2, 0) is 24.0 Å². The number of carbonyl (C=O) groups is 5. The molecule has 0 aliphatic carbocycles. The second-order valence-electron chi connectivity index (χ2n) is 5.05. The summed E-state index contributed by atoms with van der Waals surface area (Å²) in [6, 6.07) is -1.15. The molecule has 0 heterocycles. The second kappa shape index (κ2) is 17.7. The number of amides is 2. The zero-order valence-electron chi connectivity index (χ0n) is 15.0. The minimum Gasteiger partial charge on any atom is -0.550 e. The topological polar surface area (TPSA) is 176 Å². The van der Waals surface area contributed by atoms with E-state index >= 15 is 0 Å². The van der Waals surface area contributed by atoms with Crippen LogP contribution in [0.4, 0.5) is 0 Å². The molecule has 0 aromatic rings. The minimum absolute atomic E-state index is 0. The van der Waals surface area contributed by atoms with Crippen molar-refractivity contribution in [3.63, 3.8) is 0 Å². The molecule has 0 bridgehead atoms. The molecular weight excluding hydrogens is 370 g/mol. The minimum atomic E-state index is -1.40. The van der Waals surface area contributed by atoms with Gasteiger partial charge in [0.15, 0.2) is 0 Å². The van der Waals surface area contributed by atoms with Gasteiger partial charge >= 0.3 is 65.1 Å². The third-order valence-electron chi connectivity index (χ3n) is 2.99. The summed E-state index contributed by atoms with van der Waals surface area (Å²) in [5.74, 6) is -5.09. The Morgan fingerprint density at radius 3 is 1.77 bits per heavy atom. The van der Waals surface area contributed by atoms with Crippen molar-refractivity contribution in [1.29, 1.82) is 0 Å². The van der Waals surface area contributed by atoms with Gasteiger partial charge < -0.3 is 35.5 Å². The molecule has 2 amide bonds. The average molecular weight is 390 g/mol. The number of carboxylic acid groups (broad SMARTS) is 3. The summed E-state index contributed by atoms with van der Waals surface area (Å²) in [6.07, 6.45) is -0.467. The third-order valence-corrected chi connectivity index (χ3v) is 2.99. The number of hydrogen-bond donors (Lipinski definition) is 3. The Bertz CT molecular complexity index is 488. The van der Waals surface area contributed by atoms with Crippen LogP contribution in [0, 0.1) is 0 Å². The number of carbonyl (C=O) groups excluding carboxylic acids is 4. The van der Waals surface area contributed by atoms with E-state index in [4.69, 9.17) is 5.11 Å². The smallest absolute Gasteiger partial charge is 0.550 e. The first kappa shape index (κ1) is 30.1. The predicted octanol–water partition coefficient (Wildman–Crippen LogP) is -9.09. The molecule has 3 N–H and O–H groups in total. The van der Waals surface area contributed by atoms with E-state index in [0.717, 1.165) is 0 Å². The van der Waals surface area contributed by atoms with Crippen LogP contribution in [0.15, 0.2) is 0 Å². The van der Waals surface area contributed by atoms with Crippen LogP contribution in [0.5, 0.6) is 0 Å². The summed E-state index contributed by atoms with van der Waals surface area (Å²) >= 11 is 0. The Balaban J connectivity index is -0.00000264. The molecule has 0 saturated carbocycles. The molecule has 0 aliphatic rings. The molecule has 12 heteroatoms. The molecule has 0 spiro atoms. The Labute approximate surface area is 195 Å². The summed E-state index contributed by atoms with van der Waals surface area (Å²) in [5, 5.41) is 34.1. The van der Waals surface area contributed by atoms with Gasteiger partial charge in [-0.05, 0) is 32.1 Å². The molecule has 10 nitrogen and oxygen atoms in total. The van der Waals surface area contributed by atoms with Gasteiger partial charge in [0.1, 0.15) is 6.04 Å². The molecule has 0 aliphatic heterocycles. The van der Waals surface area contributed by atoms with Gasteiger partial charge in [-0.1, -0.05) is 0 Å². The largest absolute Gasteiger partial charge is 1.00 e. The van der Waals surface area contributed by atoms with Gasteiger partial charge in [0.25, 0.3) is 0 Å². The van der Waals surface area contributed by atoms with Crippen LogP contribution in [0.1, 0.15) is 44.9 Å². The summed E-state index contributed by atoms with van der Waals surface area (Å²) in [5.41, 5.74) is 0. The number of aliphatic carboxylic acids is 3. The van der Waals surface area contributed by atoms with Gasteiger partial charge in [-0.25, -0.2) is 4.79 Å². The van der Waals surface area contributed by atoms with Crippen molar-refractivity contribution in [2.75, 3.05) is 6.54 Å². The maximum absolute atomic E-state index is 11.4. The van der Waals surface area contributed by atoms with Gasteiger partial charge in [0.2, 0.25) is 11.8 Å². The Morgan fingerprint density at radius 2 is 1.31 bits per heavy atom. The van der Waals surface area contributed by atoms with Gasteiger partial charge in [-0.2, -0.15) is 0 Å². The molecule has 26 heavy (non-hydrogen) atoms. The fraction of sp³-hybridized carbons (Fsp3) is 0.643. The fourth-order valence-corrected chi connectivity index (χ4v) is 1.74. The number of unbranched alkanes of at least 4 members (excludes halogenated alkanes) is 1. The molecule has 0 radical (unpaired) electrons. The van der Waals surface area contributed by atoms with Crippen molar-refractivity contribution >= 4 is 29.7 Å². The molecule has 0 rings (SSSR count). The molecular formula is C14H20N2Na2O8. The zero-order valence-corrected chi connectivity index (χ0v) is 19.0. The van der Waals surface area contributed by atoms with E-state index in [0.29, 0.717) is 12.8 Å². The Kier molecular flexibility index (Phi) is 20.5. The normalized spacial score (nSPS) is 10.5. The van der Waals surface area contributed by atoms with E-state index in [1.54, 1.807) is 0 Å². The van der Waals surface area contributed by atoms with Gasteiger partial charge in [-0.15, -0.1) is 0 Å². The molecule has 1 unspecified atom stereocenters. The summed E-state index contributed by atoms with van der Waals surface area (Å²) in [6.45, 7) is 0.247. The molecule has 0 aromatic heterocycles. The maximum atomic E-state index is 11.4. The Hall–Kier alpha value is -0.650. The average Bonchev–Trinajstić information content (AvgIpc) is 2.49. The van der Waals surface area contributed by atoms with E-state index in [1.165, 1.54) is 0 Å². The van der Waals surface area contributed by atoms with Crippen LogP contribution in [0.25, 0.3) is 0 Å². The fourth-order valence-electron chi connectivity index (χ4n) is 1.74. The van der Waals surface area contributed by atoms with Crippen molar-refractivity contribution in [1.82, 2.24) is 10.6 Å². The number of hydrogen-bond acceptors (Lipinski definition) is 7. The first-order valence-electron chi connectivity index (χ1n) is 7.41. The zero-order chi connectivity index (χ0) is 18.5. The van der Waals surface area contributed by atoms with Crippen LogP contribution >= 0.6 is 0 Å². The van der Waals surface area contributed by atoms with Crippen LogP contribution in [-0.4, -0.2) is 47.4 Å². The number of carboxylic acids is 3. The predicted molar refractivity (Wildman–Crippen MR) is 74.9 cm³/mol.